The molecule has 2 unspecified atom stereocenters. The Morgan fingerprint density at radius 1 is 1.33 bits per heavy atom. The van der Waals surface area contributed by atoms with Gasteiger partial charge in [0.1, 0.15) is 5.75 Å². The quantitative estimate of drug-likeness (QED) is 0.776. The molecule has 1 rings (SSSR count). The van der Waals surface area contributed by atoms with Crippen LogP contribution in [0, 0.1) is 6.92 Å². The second-order valence-electron chi connectivity index (χ2n) is 4.47. The Kier molecular flexibility index (Phi) is 6.12. The van der Waals surface area contributed by atoms with E-state index in [1.54, 1.807) is 14.2 Å². The van der Waals surface area contributed by atoms with Crippen LogP contribution in [-0.4, -0.2) is 38.6 Å². The van der Waals surface area contributed by atoms with Crippen molar-refractivity contribution < 1.29 is 14.6 Å². The summed E-state index contributed by atoms with van der Waals surface area (Å²) in [5, 5.41) is 12.6. The van der Waals surface area contributed by atoms with Gasteiger partial charge in [-0.3, -0.25) is 0 Å². The third kappa shape index (κ3) is 3.98. The SMILES string of the molecule is COCC(CO)NC(C)c1ccc(C)cc1OC. The predicted molar refractivity (Wildman–Crippen MR) is 72.0 cm³/mol. The van der Waals surface area contributed by atoms with Gasteiger partial charge in [-0.25, -0.2) is 0 Å². The highest BCUT2D eigenvalue weighted by Gasteiger charge is 2.15. The number of nitrogens with one attached hydrogen (secondary N) is 1. The molecule has 0 heterocycles. The van der Waals surface area contributed by atoms with E-state index in [2.05, 4.69) is 11.4 Å². The Bertz CT molecular complexity index is 368. The largest absolute Gasteiger partial charge is 0.496 e. The van der Waals surface area contributed by atoms with Crippen LogP contribution in [0.1, 0.15) is 24.1 Å². The number of hydrogen-bond donors (Lipinski definition) is 2. The third-order valence-electron chi connectivity index (χ3n) is 2.93. The number of aliphatic hydroxyl groups is 1. The van der Waals surface area contributed by atoms with E-state index in [0.717, 1.165) is 11.3 Å². The Morgan fingerprint density at radius 2 is 2.06 bits per heavy atom. The highest BCUT2D eigenvalue weighted by atomic mass is 16.5. The van der Waals surface area contributed by atoms with Crippen molar-refractivity contribution >= 4 is 0 Å². The molecule has 0 aliphatic carbocycles. The first kappa shape index (κ1) is 15.0. The smallest absolute Gasteiger partial charge is 0.123 e. The van der Waals surface area contributed by atoms with Gasteiger partial charge in [-0.2, -0.15) is 0 Å². The monoisotopic (exact) mass is 253 g/mol. The summed E-state index contributed by atoms with van der Waals surface area (Å²) in [7, 11) is 3.30. The second-order valence-corrected chi connectivity index (χ2v) is 4.47. The summed E-state index contributed by atoms with van der Waals surface area (Å²) in [6.45, 7) is 4.61. The highest BCUT2D eigenvalue weighted by Crippen LogP contribution is 2.26. The van der Waals surface area contributed by atoms with Gasteiger partial charge in [0.15, 0.2) is 0 Å². The van der Waals surface area contributed by atoms with E-state index < -0.39 is 0 Å². The van der Waals surface area contributed by atoms with Gasteiger partial charge in [-0.05, 0) is 25.5 Å². The normalized spacial score (nSPS) is 14.3. The topological polar surface area (TPSA) is 50.7 Å². The lowest BCUT2D eigenvalue weighted by Gasteiger charge is -2.23. The molecule has 1 aromatic rings. The number of aliphatic hydroxyl groups excluding tert-OH is 1. The van der Waals surface area contributed by atoms with E-state index in [1.165, 1.54) is 5.56 Å². The van der Waals surface area contributed by atoms with Crippen LogP contribution in [0.4, 0.5) is 0 Å². The fraction of sp³-hybridized carbons (Fsp3) is 0.571. The van der Waals surface area contributed by atoms with Crippen LogP contribution >= 0.6 is 0 Å². The van der Waals surface area contributed by atoms with Crippen molar-refractivity contribution in [2.24, 2.45) is 0 Å². The van der Waals surface area contributed by atoms with E-state index in [4.69, 9.17) is 9.47 Å². The fourth-order valence-corrected chi connectivity index (χ4v) is 1.97. The minimum absolute atomic E-state index is 0.0480. The number of benzene rings is 1. The average Bonchev–Trinajstić information content (AvgIpc) is 2.37. The van der Waals surface area contributed by atoms with Crippen LogP contribution in [0.15, 0.2) is 18.2 Å². The fourth-order valence-electron chi connectivity index (χ4n) is 1.97. The molecule has 0 saturated carbocycles. The van der Waals surface area contributed by atoms with Gasteiger partial charge in [0.25, 0.3) is 0 Å². The molecule has 18 heavy (non-hydrogen) atoms. The number of ether oxygens (including phenoxy) is 2. The van der Waals surface area contributed by atoms with Crippen molar-refractivity contribution in [2.75, 3.05) is 27.4 Å². The summed E-state index contributed by atoms with van der Waals surface area (Å²) in [4.78, 5) is 0. The Balaban J connectivity index is 2.79. The van der Waals surface area contributed by atoms with Crippen LogP contribution in [0.3, 0.4) is 0 Å². The molecule has 102 valence electrons. The number of hydrogen-bond acceptors (Lipinski definition) is 4. The third-order valence-corrected chi connectivity index (χ3v) is 2.93. The summed E-state index contributed by atoms with van der Waals surface area (Å²) in [5.41, 5.74) is 2.25. The van der Waals surface area contributed by atoms with E-state index >= 15 is 0 Å². The van der Waals surface area contributed by atoms with Crippen molar-refractivity contribution in [1.82, 2.24) is 5.32 Å². The van der Waals surface area contributed by atoms with E-state index in [0.29, 0.717) is 6.61 Å². The molecule has 0 aromatic heterocycles. The maximum absolute atomic E-state index is 9.25. The summed E-state index contributed by atoms with van der Waals surface area (Å²) >= 11 is 0. The lowest BCUT2D eigenvalue weighted by atomic mass is 10.0. The molecule has 0 amide bonds. The van der Waals surface area contributed by atoms with Crippen LogP contribution in [0.2, 0.25) is 0 Å². The van der Waals surface area contributed by atoms with Gasteiger partial charge >= 0.3 is 0 Å². The minimum Gasteiger partial charge on any atom is -0.496 e. The molecule has 0 aliphatic heterocycles. The molecule has 0 aliphatic rings. The highest BCUT2D eigenvalue weighted by molar-refractivity contribution is 5.39. The summed E-state index contributed by atoms with van der Waals surface area (Å²) in [6, 6.07) is 6.13. The molecular formula is C14H23NO3. The Morgan fingerprint density at radius 3 is 2.61 bits per heavy atom. The van der Waals surface area contributed by atoms with E-state index in [-0.39, 0.29) is 18.7 Å². The minimum atomic E-state index is -0.0731. The zero-order valence-corrected chi connectivity index (χ0v) is 11.6. The Labute approximate surface area is 109 Å². The maximum Gasteiger partial charge on any atom is 0.123 e. The maximum atomic E-state index is 9.25. The number of methoxy groups -OCH3 is 2. The first-order chi connectivity index (χ1) is 8.62. The van der Waals surface area contributed by atoms with Gasteiger partial charge in [0.05, 0.1) is 26.4 Å². The first-order valence-electron chi connectivity index (χ1n) is 6.12. The van der Waals surface area contributed by atoms with Crippen molar-refractivity contribution in [2.45, 2.75) is 25.9 Å². The molecule has 2 atom stereocenters. The summed E-state index contributed by atoms with van der Waals surface area (Å²) in [6.07, 6.45) is 0. The van der Waals surface area contributed by atoms with Crippen molar-refractivity contribution in [3.63, 3.8) is 0 Å². The van der Waals surface area contributed by atoms with Crippen molar-refractivity contribution in [3.05, 3.63) is 29.3 Å². The molecule has 4 nitrogen and oxygen atoms in total. The van der Waals surface area contributed by atoms with Crippen molar-refractivity contribution in [3.8, 4) is 5.75 Å². The molecule has 0 fully saturated rings. The predicted octanol–water partition coefficient (Wildman–Crippen LogP) is 1.66. The van der Waals surface area contributed by atoms with Gasteiger partial charge < -0.3 is 19.9 Å². The molecular weight excluding hydrogens is 230 g/mol. The average molecular weight is 253 g/mol. The molecule has 4 heteroatoms. The van der Waals surface area contributed by atoms with Gasteiger partial charge in [0, 0.05) is 18.7 Å². The molecule has 2 N–H and O–H groups in total. The molecule has 0 saturated heterocycles. The zero-order chi connectivity index (χ0) is 13.5. The van der Waals surface area contributed by atoms with Crippen LogP contribution in [0.5, 0.6) is 5.75 Å². The van der Waals surface area contributed by atoms with Crippen LogP contribution in [0.25, 0.3) is 0 Å². The zero-order valence-electron chi connectivity index (χ0n) is 11.6. The molecule has 1 aromatic carbocycles. The van der Waals surface area contributed by atoms with Gasteiger partial charge in [-0.15, -0.1) is 0 Å². The first-order valence-corrected chi connectivity index (χ1v) is 6.12. The number of rotatable bonds is 7. The number of aryl methyl sites for hydroxylation is 1. The second kappa shape index (κ2) is 7.36. The van der Waals surface area contributed by atoms with Crippen LogP contribution in [-0.2, 0) is 4.74 Å². The van der Waals surface area contributed by atoms with Gasteiger partial charge in [0.2, 0.25) is 0 Å². The molecule has 0 spiro atoms. The molecule has 0 bridgehead atoms. The Hall–Kier alpha value is -1.10. The van der Waals surface area contributed by atoms with Gasteiger partial charge in [-0.1, -0.05) is 12.1 Å². The summed E-state index contributed by atoms with van der Waals surface area (Å²) in [5.74, 6) is 0.865. The molecule has 0 radical (unpaired) electrons. The summed E-state index contributed by atoms with van der Waals surface area (Å²) < 4.78 is 10.4. The van der Waals surface area contributed by atoms with E-state index in [1.807, 2.05) is 26.0 Å². The lowest BCUT2D eigenvalue weighted by molar-refractivity contribution is 0.123. The lowest BCUT2D eigenvalue weighted by Crippen LogP contribution is -2.38. The van der Waals surface area contributed by atoms with Crippen LogP contribution < -0.4 is 10.1 Å². The van der Waals surface area contributed by atoms with Crippen molar-refractivity contribution in [1.29, 1.82) is 0 Å². The standard InChI is InChI=1S/C14H23NO3/c1-10-5-6-13(14(7-10)18-4)11(2)15-12(8-16)9-17-3/h5-7,11-12,15-16H,8-9H2,1-4H3. The van der Waals surface area contributed by atoms with E-state index in [9.17, 15) is 5.11 Å².